The second kappa shape index (κ2) is 4.35. The summed E-state index contributed by atoms with van der Waals surface area (Å²) in [5, 5.41) is 7.87. The van der Waals surface area contributed by atoms with Crippen LogP contribution in [0.5, 0.6) is 0 Å². The number of benzene rings is 1. The molecule has 0 amide bonds. The third-order valence-electron chi connectivity index (χ3n) is 2.64. The molecule has 1 aromatic carbocycles. The third kappa shape index (κ3) is 1.88. The molecule has 2 N–H and O–H groups in total. The van der Waals surface area contributed by atoms with E-state index in [2.05, 4.69) is 26.2 Å². The average molecular weight is 281 g/mol. The highest BCUT2D eigenvalue weighted by atomic mass is 79.9. The van der Waals surface area contributed by atoms with Gasteiger partial charge in [-0.25, -0.2) is 4.68 Å². The van der Waals surface area contributed by atoms with E-state index in [1.807, 2.05) is 38.2 Å². The summed E-state index contributed by atoms with van der Waals surface area (Å²) in [6, 6.07) is 7.85. The zero-order valence-corrected chi connectivity index (χ0v) is 10.8. The number of hydrogen-bond acceptors (Lipinski definition) is 3. The first-order valence-electron chi connectivity index (χ1n) is 4.97. The summed E-state index contributed by atoms with van der Waals surface area (Å²) >= 11 is 3.37. The summed E-state index contributed by atoms with van der Waals surface area (Å²) in [7, 11) is 1.84. The Hall–Kier alpha value is -1.20. The minimum atomic E-state index is -0.212. The van der Waals surface area contributed by atoms with Crippen molar-refractivity contribution in [1.82, 2.24) is 15.0 Å². The fourth-order valence-corrected chi connectivity index (χ4v) is 2.33. The number of nitrogens with two attached hydrogens (primary N) is 1. The molecule has 4 nitrogen and oxygen atoms in total. The molecule has 0 aliphatic heterocycles. The summed E-state index contributed by atoms with van der Waals surface area (Å²) < 4.78 is 2.40. The van der Waals surface area contributed by atoms with Gasteiger partial charge in [0.15, 0.2) is 4.60 Å². The van der Waals surface area contributed by atoms with Gasteiger partial charge >= 0.3 is 0 Å². The Morgan fingerprint density at radius 3 is 2.62 bits per heavy atom. The maximum absolute atomic E-state index is 6.23. The van der Waals surface area contributed by atoms with Gasteiger partial charge in [-0.15, -0.1) is 5.10 Å². The van der Waals surface area contributed by atoms with Crippen LogP contribution < -0.4 is 5.73 Å². The van der Waals surface area contributed by atoms with Gasteiger partial charge in [0.25, 0.3) is 0 Å². The fourth-order valence-electron chi connectivity index (χ4n) is 1.75. The zero-order valence-electron chi connectivity index (χ0n) is 9.18. The van der Waals surface area contributed by atoms with Crippen molar-refractivity contribution in [2.24, 2.45) is 12.8 Å². The van der Waals surface area contributed by atoms with Crippen LogP contribution in [0.4, 0.5) is 0 Å². The van der Waals surface area contributed by atoms with E-state index in [0.29, 0.717) is 4.60 Å². The lowest BCUT2D eigenvalue weighted by atomic mass is 10.00. The van der Waals surface area contributed by atoms with Crippen LogP contribution in [0.2, 0.25) is 0 Å². The van der Waals surface area contributed by atoms with E-state index in [1.54, 1.807) is 4.68 Å². The Morgan fingerprint density at radius 2 is 2.06 bits per heavy atom. The van der Waals surface area contributed by atoms with Gasteiger partial charge in [0.2, 0.25) is 0 Å². The first-order chi connectivity index (χ1) is 7.61. The number of halogens is 1. The SMILES string of the molecule is Cc1ccccc1C(N)c1c(Br)nnn1C. The van der Waals surface area contributed by atoms with Crippen LogP contribution in [-0.2, 0) is 7.05 Å². The minimum absolute atomic E-state index is 0.212. The minimum Gasteiger partial charge on any atom is -0.319 e. The van der Waals surface area contributed by atoms with E-state index < -0.39 is 0 Å². The number of rotatable bonds is 2. The van der Waals surface area contributed by atoms with Gasteiger partial charge in [0.05, 0.1) is 11.7 Å². The zero-order chi connectivity index (χ0) is 11.7. The molecule has 16 heavy (non-hydrogen) atoms. The molecule has 2 aromatic rings. The highest BCUT2D eigenvalue weighted by Gasteiger charge is 2.19. The van der Waals surface area contributed by atoms with Gasteiger partial charge in [0.1, 0.15) is 0 Å². The summed E-state index contributed by atoms with van der Waals surface area (Å²) in [6.07, 6.45) is 0. The normalized spacial score (nSPS) is 12.8. The molecule has 0 spiro atoms. The summed E-state index contributed by atoms with van der Waals surface area (Å²) in [6.45, 7) is 2.05. The molecular formula is C11H13BrN4. The largest absolute Gasteiger partial charge is 0.319 e. The Kier molecular flexibility index (Phi) is 3.07. The fraction of sp³-hybridized carbons (Fsp3) is 0.273. The van der Waals surface area contributed by atoms with Crippen molar-refractivity contribution in [3.8, 4) is 0 Å². The molecule has 1 atom stereocenters. The molecule has 0 radical (unpaired) electrons. The van der Waals surface area contributed by atoms with Crippen LogP contribution in [0.3, 0.4) is 0 Å². The maximum Gasteiger partial charge on any atom is 0.153 e. The Balaban J connectivity index is 2.47. The van der Waals surface area contributed by atoms with E-state index in [9.17, 15) is 0 Å². The van der Waals surface area contributed by atoms with Crippen LogP contribution in [-0.4, -0.2) is 15.0 Å². The third-order valence-corrected chi connectivity index (χ3v) is 3.21. The molecule has 0 saturated heterocycles. The van der Waals surface area contributed by atoms with Crippen molar-refractivity contribution < 1.29 is 0 Å². The van der Waals surface area contributed by atoms with Gasteiger partial charge in [0, 0.05) is 7.05 Å². The number of hydrogen-bond donors (Lipinski definition) is 1. The molecule has 0 aliphatic rings. The summed E-state index contributed by atoms with van der Waals surface area (Å²) in [5.41, 5.74) is 9.38. The van der Waals surface area contributed by atoms with Crippen LogP contribution in [0.15, 0.2) is 28.9 Å². The molecular weight excluding hydrogens is 268 g/mol. The molecule has 0 aliphatic carbocycles. The first-order valence-corrected chi connectivity index (χ1v) is 5.76. The summed E-state index contributed by atoms with van der Waals surface area (Å²) in [5.74, 6) is 0. The van der Waals surface area contributed by atoms with Crippen molar-refractivity contribution in [3.63, 3.8) is 0 Å². The molecule has 0 fully saturated rings. The molecule has 1 unspecified atom stereocenters. The molecule has 2 rings (SSSR count). The first kappa shape index (κ1) is 11.3. The lowest BCUT2D eigenvalue weighted by Crippen LogP contribution is -2.17. The number of nitrogens with zero attached hydrogens (tertiary/aromatic N) is 3. The quantitative estimate of drug-likeness (QED) is 0.915. The molecule has 1 aromatic heterocycles. The average Bonchev–Trinajstić information content (AvgIpc) is 2.58. The van der Waals surface area contributed by atoms with E-state index in [4.69, 9.17) is 5.73 Å². The van der Waals surface area contributed by atoms with E-state index in [1.165, 1.54) is 5.56 Å². The van der Waals surface area contributed by atoms with Crippen LogP contribution in [0.25, 0.3) is 0 Å². The van der Waals surface area contributed by atoms with Gasteiger partial charge in [-0.2, -0.15) is 0 Å². The monoisotopic (exact) mass is 280 g/mol. The lowest BCUT2D eigenvalue weighted by molar-refractivity contribution is 0.649. The van der Waals surface area contributed by atoms with Crippen LogP contribution in [0, 0.1) is 6.92 Å². The van der Waals surface area contributed by atoms with Crippen molar-refractivity contribution in [1.29, 1.82) is 0 Å². The highest BCUT2D eigenvalue weighted by Crippen LogP contribution is 2.26. The van der Waals surface area contributed by atoms with Crippen molar-refractivity contribution >= 4 is 15.9 Å². The Labute approximate surface area is 103 Å². The molecule has 0 bridgehead atoms. The van der Waals surface area contributed by atoms with Gasteiger partial charge in [-0.1, -0.05) is 29.5 Å². The Morgan fingerprint density at radius 1 is 1.38 bits per heavy atom. The number of aryl methyl sites for hydroxylation is 2. The second-order valence-electron chi connectivity index (χ2n) is 3.72. The molecule has 84 valence electrons. The van der Waals surface area contributed by atoms with E-state index in [-0.39, 0.29) is 6.04 Å². The lowest BCUT2D eigenvalue weighted by Gasteiger charge is -2.14. The predicted molar refractivity (Wildman–Crippen MR) is 65.9 cm³/mol. The highest BCUT2D eigenvalue weighted by molar-refractivity contribution is 9.10. The van der Waals surface area contributed by atoms with Gasteiger partial charge in [-0.3, -0.25) is 0 Å². The van der Waals surface area contributed by atoms with Crippen molar-refractivity contribution in [3.05, 3.63) is 45.7 Å². The van der Waals surface area contributed by atoms with Gasteiger partial charge < -0.3 is 5.73 Å². The molecule has 5 heteroatoms. The topological polar surface area (TPSA) is 56.7 Å². The van der Waals surface area contributed by atoms with Gasteiger partial charge in [-0.05, 0) is 34.0 Å². The van der Waals surface area contributed by atoms with Crippen molar-refractivity contribution in [2.75, 3.05) is 0 Å². The van der Waals surface area contributed by atoms with E-state index in [0.717, 1.165) is 11.3 Å². The summed E-state index contributed by atoms with van der Waals surface area (Å²) in [4.78, 5) is 0. The second-order valence-corrected chi connectivity index (χ2v) is 4.47. The smallest absolute Gasteiger partial charge is 0.153 e. The van der Waals surface area contributed by atoms with Crippen LogP contribution in [0.1, 0.15) is 22.9 Å². The molecule has 1 heterocycles. The predicted octanol–water partition coefficient (Wildman–Crippen LogP) is 1.93. The standard InChI is InChI=1S/C11H13BrN4/c1-7-5-3-4-6-8(7)9(13)10-11(12)14-15-16(10)2/h3-6,9H,13H2,1-2H3. The Bertz CT molecular complexity index is 487. The maximum atomic E-state index is 6.23. The molecule has 0 saturated carbocycles. The van der Waals surface area contributed by atoms with Crippen LogP contribution >= 0.6 is 15.9 Å². The number of aromatic nitrogens is 3. The van der Waals surface area contributed by atoms with Crippen molar-refractivity contribution in [2.45, 2.75) is 13.0 Å². The van der Waals surface area contributed by atoms with E-state index >= 15 is 0 Å².